The zero-order valence-corrected chi connectivity index (χ0v) is 10.2. The van der Waals surface area contributed by atoms with Gasteiger partial charge in [-0.05, 0) is 29.7 Å². The number of guanidine groups is 1. The van der Waals surface area contributed by atoms with Crippen LogP contribution in [0.2, 0.25) is 0 Å². The summed E-state index contributed by atoms with van der Waals surface area (Å²) in [4.78, 5) is 15.1. The molecule has 0 aliphatic carbocycles. The molecule has 0 aliphatic heterocycles. The van der Waals surface area contributed by atoms with Crippen molar-refractivity contribution >= 4 is 11.9 Å². The van der Waals surface area contributed by atoms with E-state index in [0.29, 0.717) is 5.56 Å². The predicted octanol–water partition coefficient (Wildman–Crippen LogP) is 1.23. The van der Waals surface area contributed by atoms with E-state index in [2.05, 4.69) is 4.99 Å². The van der Waals surface area contributed by atoms with Crippen LogP contribution in [-0.4, -0.2) is 19.0 Å². The minimum atomic E-state index is -0.449. The molecule has 1 aromatic rings. The maximum Gasteiger partial charge on any atom is 0.280 e. The van der Waals surface area contributed by atoms with Crippen molar-refractivity contribution in [2.75, 3.05) is 7.11 Å². The lowest BCUT2D eigenvalue weighted by Crippen LogP contribution is -2.24. The first-order chi connectivity index (χ1) is 7.95. The van der Waals surface area contributed by atoms with Gasteiger partial charge in [-0.3, -0.25) is 4.79 Å². The van der Waals surface area contributed by atoms with Crippen LogP contribution >= 0.6 is 0 Å². The summed E-state index contributed by atoms with van der Waals surface area (Å²) < 4.78 is 5.23. The third kappa shape index (κ3) is 3.21. The molecule has 17 heavy (non-hydrogen) atoms. The lowest BCUT2D eigenvalue weighted by molar-refractivity contribution is 0.100. The second-order valence-corrected chi connectivity index (χ2v) is 3.95. The fraction of sp³-hybridized carbons (Fsp3) is 0.333. The normalized spacial score (nSPS) is 10.1. The van der Waals surface area contributed by atoms with Gasteiger partial charge in [-0.1, -0.05) is 13.8 Å². The van der Waals surface area contributed by atoms with Gasteiger partial charge in [0.15, 0.2) is 5.96 Å². The first kappa shape index (κ1) is 13.0. The van der Waals surface area contributed by atoms with E-state index in [-0.39, 0.29) is 11.9 Å². The molecule has 0 bridgehead atoms. The minimum absolute atomic E-state index is 0.239. The van der Waals surface area contributed by atoms with Crippen molar-refractivity contribution in [1.82, 2.24) is 0 Å². The molecule has 0 radical (unpaired) electrons. The molecule has 0 aromatic heterocycles. The molecule has 92 valence electrons. The van der Waals surface area contributed by atoms with E-state index >= 15 is 0 Å². The quantitative estimate of drug-likeness (QED) is 0.609. The highest BCUT2D eigenvalue weighted by Gasteiger charge is 2.12. The number of nitrogens with zero attached hydrogens (tertiary/aromatic N) is 1. The zero-order valence-electron chi connectivity index (χ0n) is 10.2. The smallest absolute Gasteiger partial charge is 0.280 e. The second-order valence-electron chi connectivity index (χ2n) is 3.95. The van der Waals surface area contributed by atoms with Gasteiger partial charge in [0.05, 0.1) is 7.11 Å². The summed E-state index contributed by atoms with van der Waals surface area (Å²) in [5.74, 6) is 0.310. The molecule has 1 amide bonds. The van der Waals surface area contributed by atoms with E-state index in [9.17, 15) is 4.79 Å². The summed E-state index contributed by atoms with van der Waals surface area (Å²) in [6.07, 6.45) is 0. The third-order valence-corrected chi connectivity index (χ3v) is 2.33. The summed E-state index contributed by atoms with van der Waals surface area (Å²) in [7, 11) is 1.60. The molecule has 0 saturated carbocycles. The standard InChI is InChI=1S/C12H17N3O2/c1-7(2)9-6-8(4-5-10(9)17-3)11(16)15-12(13)14/h4-7H,1-3H3,(H4,13,14,15,16). The number of hydrogen-bond acceptors (Lipinski definition) is 2. The molecule has 0 spiro atoms. The molecule has 4 N–H and O–H groups in total. The highest BCUT2D eigenvalue weighted by molar-refractivity contribution is 6.02. The average Bonchev–Trinajstić information content (AvgIpc) is 2.27. The second kappa shape index (κ2) is 5.34. The Kier molecular flexibility index (Phi) is 4.09. The number of carbonyl (C=O) groups is 1. The van der Waals surface area contributed by atoms with E-state index in [1.807, 2.05) is 13.8 Å². The highest BCUT2D eigenvalue weighted by Crippen LogP contribution is 2.27. The van der Waals surface area contributed by atoms with E-state index < -0.39 is 5.91 Å². The van der Waals surface area contributed by atoms with Crippen LogP contribution in [0.3, 0.4) is 0 Å². The number of rotatable bonds is 3. The molecule has 0 aliphatic rings. The van der Waals surface area contributed by atoms with Crippen molar-refractivity contribution in [2.45, 2.75) is 19.8 Å². The topological polar surface area (TPSA) is 90.7 Å². The van der Waals surface area contributed by atoms with E-state index in [0.717, 1.165) is 11.3 Å². The molecule has 0 unspecified atom stereocenters. The molecular weight excluding hydrogens is 218 g/mol. The third-order valence-electron chi connectivity index (χ3n) is 2.33. The Labute approximate surface area is 100 Å². The van der Waals surface area contributed by atoms with Gasteiger partial charge in [0, 0.05) is 5.56 Å². The van der Waals surface area contributed by atoms with Crippen molar-refractivity contribution in [3.8, 4) is 5.75 Å². The van der Waals surface area contributed by atoms with Crippen LogP contribution in [0.5, 0.6) is 5.75 Å². The number of ether oxygens (including phenoxy) is 1. The number of methoxy groups -OCH3 is 1. The maximum absolute atomic E-state index is 11.6. The summed E-state index contributed by atoms with van der Waals surface area (Å²) in [6.45, 7) is 4.04. The number of hydrogen-bond donors (Lipinski definition) is 2. The first-order valence-electron chi connectivity index (χ1n) is 5.27. The molecule has 0 atom stereocenters. The minimum Gasteiger partial charge on any atom is -0.496 e. The van der Waals surface area contributed by atoms with Gasteiger partial charge in [0.25, 0.3) is 5.91 Å². The first-order valence-corrected chi connectivity index (χ1v) is 5.27. The Morgan fingerprint density at radius 2 is 2.00 bits per heavy atom. The summed E-state index contributed by atoms with van der Waals surface area (Å²) in [5.41, 5.74) is 11.7. The number of benzene rings is 1. The van der Waals surface area contributed by atoms with Crippen molar-refractivity contribution in [2.24, 2.45) is 16.5 Å². The fourth-order valence-corrected chi connectivity index (χ4v) is 1.50. The molecule has 5 nitrogen and oxygen atoms in total. The molecule has 0 fully saturated rings. The molecular formula is C12H17N3O2. The van der Waals surface area contributed by atoms with Crippen LogP contribution in [0.1, 0.15) is 35.7 Å². The summed E-state index contributed by atoms with van der Waals surface area (Å²) in [6, 6.07) is 5.13. The Morgan fingerprint density at radius 1 is 1.35 bits per heavy atom. The van der Waals surface area contributed by atoms with Crippen LogP contribution in [0.15, 0.2) is 23.2 Å². The van der Waals surface area contributed by atoms with Crippen LogP contribution in [0, 0.1) is 0 Å². The van der Waals surface area contributed by atoms with Crippen LogP contribution in [-0.2, 0) is 0 Å². The lowest BCUT2D eigenvalue weighted by atomic mass is 9.99. The number of amides is 1. The van der Waals surface area contributed by atoms with Crippen molar-refractivity contribution in [3.63, 3.8) is 0 Å². The van der Waals surface area contributed by atoms with E-state index in [1.165, 1.54) is 0 Å². The van der Waals surface area contributed by atoms with Gasteiger partial charge in [0.1, 0.15) is 5.75 Å². The molecule has 5 heteroatoms. The van der Waals surface area contributed by atoms with Crippen molar-refractivity contribution < 1.29 is 9.53 Å². The van der Waals surface area contributed by atoms with Gasteiger partial charge in [0.2, 0.25) is 0 Å². The zero-order chi connectivity index (χ0) is 13.0. The van der Waals surface area contributed by atoms with Crippen molar-refractivity contribution in [1.29, 1.82) is 0 Å². The van der Waals surface area contributed by atoms with E-state index in [1.54, 1.807) is 25.3 Å². The van der Waals surface area contributed by atoms with Crippen LogP contribution < -0.4 is 16.2 Å². The average molecular weight is 235 g/mol. The van der Waals surface area contributed by atoms with Gasteiger partial charge < -0.3 is 16.2 Å². The Morgan fingerprint density at radius 3 is 2.47 bits per heavy atom. The Balaban J connectivity index is 3.17. The van der Waals surface area contributed by atoms with Crippen molar-refractivity contribution in [3.05, 3.63) is 29.3 Å². The summed E-state index contributed by atoms with van der Waals surface area (Å²) in [5, 5.41) is 0. The van der Waals surface area contributed by atoms with E-state index in [4.69, 9.17) is 16.2 Å². The highest BCUT2D eigenvalue weighted by atomic mass is 16.5. The lowest BCUT2D eigenvalue weighted by Gasteiger charge is -2.12. The SMILES string of the molecule is COc1ccc(C(=O)N=C(N)N)cc1C(C)C. The Hall–Kier alpha value is -2.04. The molecule has 0 heterocycles. The number of carbonyl (C=O) groups excluding carboxylic acids is 1. The largest absolute Gasteiger partial charge is 0.496 e. The number of nitrogens with two attached hydrogens (primary N) is 2. The predicted molar refractivity (Wildman–Crippen MR) is 67.2 cm³/mol. The maximum atomic E-state index is 11.6. The van der Waals surface area contributed by atoms with Gasteiger partial charge in [-0.15, -0.1) is 0 Å². The van der Waals surface area contributed by atoms with Crippen LogP contribution in [0.4, 0.5) is 0 Å². The molecule has 1 rings (SSSR count). The van der Waals surface area contributed by atoms with Gasteiger partial charge >= 0.3 is 0 Å². The fourth-order valence-electron chi connectivity index (χ4n) is 1.50. The van der Waals surface area contributed by atoms with Gasteiger partial charge in [-0.2, -0.15) is 4.99 Å². The number of aliphatic imine (C=N–C) groups is 1. The molecule has 0 saturated heterocycles. The summed E-state index contributed by atoms with van der Waals surface area (Å²) >= 11 is 0. The monoisotopic (exact) mass is 235 g/mol. The molecule has 1 aromatic carbocycles. The van der Waals surface area contributed by atoms with Crippen LogP contribution in [0.25, 0.3) is 0 Å². The van der Waals surface area contributed by atoms with Gasteiger partial charge in [-0.25, -0.2) is 0 Å². The Bertz CT molecular complexity index is 449.